The minimum atomic E-state index is -0.259. The molecule has 0 saturated heterocycles. The Kier molecular flexibility index (Phi) is 7.14. The van der Waals surface area contributed by atoms with Crippen molar-refractivity contribution in [3.05, 3.63) is 52.8 Å². The zero-order chi connectivity index (χ0) is 21.3. The van der Waals surface area contributed by atoms with E-state index in [0.29, 0.717) is 25.0 Å². The molecule has 0 aliphatic rings. The van der Waals surface area contributed by atoms with Crippen LogP contribution in [0.4, 0.5) is 11.9 Å². The number of hydrogen-bond donors (Lipinski definition) is 2. The van der Waals surface area contributed by atoms with Crippen LogP contribution in [0.15, 0.2) is 47.3 Å². The largest absolute Gasteiger partial charge is 0.492 e. The second-order valence-corrected chi connectivity index (χ2v) is 6.59. The molecular formula is C20H25N7O3. The van der Waals surface area contributed by atoms with Gasteiger partial charge in [-0.15, -0.1) is 5.10 Å². The van der Waals surface area contributed by atoms with Crippen LogP contribution in [0, 0.1) is 0 Å². The molecule has 0 saturated carbocycles. The first kappa shape index (κ1) is 21.0. The minimum Gasteiger partial charge on any atom is -0.492 e. The number of nitrogens with zero attached hydrogens (tertiary/aromatic N) is 5. The maximum atomic E-state index is 12.1. The number of ether oxygens (including phenoxy) is 2. The van der Waals surface area contributed by atoms with Crippen molar-refractivity contribution < 1.29 is 9.47 Å². The highest BCUT2D eigenvalue weighted by Crippen LogP contribution is 2.17. The van der Waals surface area contributed by atoms with Crippen molar-refractivity contribution in [1.82, 2.24) is 24.7 Å². The third-order valence-electron chi connectivity index (χ3n) is 3.72. The standard InChI is InChI=1S/C20H25N7O3/c1-4-21-18-23-19(22-14(2)3)25-20(24-18)30-16-10-11-17(28)27(26-16)12-13-29-15-8-6-5-7-9-15/h5-11,14H,4,12-13H2,1-3H3,(H2,21,22,23,24,25). The Morgan fingerprint density at radius 3 is 2.53 bits per heavy atom. The molecule has 158 valence electrons. The molecule has 0 amide bonds. The normalized spacial score (nSPS) is 10.7. The minimum absolute atomic E-state index is 0.0716. The molecule has 0 spiro atoms. The molecule has 10 heteroatoms. The van der Waals surface area contributed by atoms with Gasteiger partial charge in [-0.1, -0.05) is 18.2 Å². The molecule has 0 fully saturated rings. The molecule has 30 heavy (non-hydrogen) atoms. The molecule has 0 radical (unpaired) electrons. The topological polar surface area (TPSA) is 116 Å². The molecular weight excluding hydrogens is 386 g/mol. The van der Waals surface area contributed by atoms with Crippen molar-refractivity contribution in [3.8, 4) is 17.6 Å². The van der Waals surface area contributed by atoms with Gasteiger partial charge in [0.25, 0.3) is 5.56 Å². The summed E-state index contributed by atoms with van der Waals surface area (Å²) in [5, 5.41) is 10.4. The number of nitrogens with one attached hydrogen (secondary N) is 2. The Morgan fingerprint density at radius 1 is 1.03 bits per heavy atom. The fourth-order valence-corrected chi connectivity index (χ4v) is 2.47. The van der Waals surface area contributed by atoms with Gasteiger partial charge < -0.3 is 20.1 Å². The molecule has 3 aromatic rings. The summed E-state index contributed by atoms with van der Waals surface area (Å²) >= 11 is 0. The van der Waals surface area contributed by atoms with E-state index in [2.05, 4.69) is 30.7 Å². The van der Waals surface area contributed by atoms with Crippen LogP contribution >= 0.6 is 0 Å². The number of aromatic nitrogens is 5. The quantitative estimate of drug-likeness (QED) is 0.519. The lowest BCUT2D eigenvalue weighted by atomic mass is 10.3. The lowest BCUT2D eigenvalue weighted by Crippen LogP contribution is -2.25. The van der Waals surface area contributed by atoms with E-state index in [0.717, 1.165) is 5.75 Å². The fraction of sp³-hybridized carbons (Fsp3) is 0.350. The molecule has 2 aromatic heterocycles. The van der Waals surface area contributed by atoms with Gasteiger partial charge in [-0.25, -0.2) is 4.68 Å². The summed E-state index contributed by atoms with van der Waals surface area (Å²) in [6, 6.07) is 12.4. The van der Waals surface area contributed by atoms with Gasteiger partial charge in [0.05, 0.1) is 6.54 Å². The zero-order valence-electron chi connectivity index (χ0n) is 17.2. The number of para-hydroxylation sites is 1. The van der Waals surface area contributed by atoms with Crippen molar-refractivity contribution in [3.63, 3.8) is 0 Å². The molecule has 1 aromatic carbocycles. The molecule has 0 unspecified atom stereocenters. The predicted octanol–water partition coefficient (Wildman–Crippen LogP) is 2.55. The van der Waals surface area contributed by atoms with Crippen LogP contribution in [-0.2, 0) is 6.54 Å². The van der Waals surface area contributed by atoms with Crippen LogP contribution < -0.4 is 25.7 Å². The van der Waals surface area contributed by atoms with E-state index in [1.807, 2.05) is 51.1 Å². The number of anilines is 2. The van der Waals surface area contributed by atoms with Crippen molar-refractivity contribution in [2.24, 2.45) is 0 Å². The van der Waals surface area contributed by atoms with Gasteiger partial charge in [0.15, 0.2) is 0 Å². The highest BCUT2D eigenvalue weighted by Gasteiger charge is 2.11. The van der Waals surface area contributed by atoms with Gasteiger partial charge in [0.2, 0.25) is 17.8 Å². The van der Waals surface area contributed by atoms with Gasteiger partial charge in [-0.3, -0.25) is 4.79 Å². The van der Waals surface area contributed by atoms with Gasteiger partial charge >= 0.3 is 6.01 Å². The van der Waals surface area contributed by atoms with Gasteiger partial charge in [-0.2, -0.15) is 15.0 Å². The average molecular weight is 411 g/mol. The van der Waals surface area contributed by atoms with Crippen molar-refractivity contribution >= 4 is 11.9 Å². The lowest BCUT2D eigenvalue weighted by Gasteiger charge is -2.12. The Bertz CT molecular complexity index is 1010. The predicted molar refractivity (Wildman–Crippen MR) is 113 cm³/mol. The summed E-state index contributed by atoms with van der Waals surface area (Å²) < 4.78 is 12.6. The van der Waals surface area contributed by atoms with Crippen molar-refractivity contribution in [2.45, 2.75) is 33.4 Å². The summed E-state index contributed by atoms with van der Waals surface area (Å²) in [6.07, 6.45) is 0. The third kappa shape index (κ3) is 6.16. The summed E-state index contributed by atoms with van der Waals surface area (Å²) in [4.78, 5) is 24.9. The molecule has 2 heterocycles. The molecule has 3 rings (SSSR count). The molecule has 2 N–H and O–H groups in total. The average Bonchev–Trinajstić information content (AvgIpc) is 2.71. The lowest BCUT2D eigenvalue weighted by molar-refractivity contribution is 0.283. The molecule has 10 nitrogen and oxygen atoms in total. The van der Waals surface area contributed by atoms with Gasteiger partial charge in [0, 0.05) is 24.7 Å². The van der Waals surface area contributed by atoms with Crippen LogP contribution in [0.25, 0.3) is 0 Å². The monoisotopic (exact) mass is 411 g/mol. The molecule has 0 aliphatic heterocycles. The Hall–Kier alpha value is -3.69. The van der Waals surface area contributed by atoms with Crippen LogP contribution in [0.3, 0.4) is 0 Å². The third-order valence-corrected chi connectivity index (χ3v) is 3.72. The Labute approximate surface area is 174 Å². The highest BCUT2D eigenvalue weighted by molar-refractivity contribution is 5.36. The van der Waals surface area contributed by atoms with E-state index in [9.17, 15) is 4.79 Å². The van der Waals surface area contributed by atoms with E-state index in [-0.39, 0.29) is 30.0 Å². The molecule has 0 aliphatic carbocycles. The number of hydrogen-bond acceptors (Lipinski definition) is 9. The maximum Gasteiger partial charge on any atom is 0.330 e. The summed E-state index contributed by atoms with van der Waals surface area (Å²) in [7, 11) is 0. The van der Waals surface area contributed by atoms with Crippen molar-refractivity contribution in [1.29, 1.82) is 0 Å². The smallest absolute Gasteiger partial charge is 0.330 e. The van der Waals surface area contributed by atoms with E-state index in [4.69, 9.17) is 9.47 Å². The first-order valence-electron chi connectivity index (χ1n) is 9.74. The second-order valence-electron chi connectivity index (χ2n) is 6.59. The highest BCUT2D eigenvalue weighted by atomic mass is 16.5. The van der Waals surface area contributed by atoms with E-state index in [1.54, 1.807) is 0 Å². The Balaban J connectivity index is 1.72. The molecule has 0 bridgehead atoms. The number of benzene rings is 1. The van der Waals surface area contributed by atoms with Crippen molar-refractivity contribution in [2.75, 3.05) is 23.8 Å². The van der Waals surface area contributed by atoms with Crippen LogP contribution in [0.5, 0.6) is 17.6 Å². The summed E-state index contributed by atoms with van der Waals surface area (Å²) in [6.45, 7) is 7.10. The first-order chi connectivity index (χ1) is 14.5. The van der Waals surface area contributed by atoms with E-state index < -0.39 is 0 Å². The zero-order valence-corrected chi connectivity index (χ0v) is 17.2. The summed E-state index contributed by atoms with van der Waals surface area (Å²) in [5.74, 6) is 1.69. The Morgan fingerprint density at radius 2 is 1.80 bits per heavy atom. The summed E-state index contributed by atoms with van der Waals surface area (Å²) in [5.41, 5.74) is -0.259. The van der Waals surface area contributed by atoms with E-state index >= 15 is 0 Å². The van der Waals surface area contributed by atoms with Crippen LogP contribution in [0.2, 0.25) is 0 Å². The van der Waals surface area contributed by atoms with Crippen LogP contribution in [-0.4, -0.2) is 43.9 Å². The van der Waals surface area contributed by atoms with Crippen LogP contribution in [0.1, 0.15) is 20.8 Å². The van der Waals surface area contributed by atoms with Gasteiger partial charge in [-0.05, 0) is 32.9 Å². The van der Waals surface area contributed by atoms with Gasteiger partial charge in [0.1, 0.15) is 12.4 Å². The molecule has 0 atom stereocenters. The number of rotatable bonds is 10. The van der Waals surface area contributed by atoms with E-state index in [1.165, 1.54) is 16.8 Å². The second kappa shape index (κ2) is 10.2. The fourth-order valence-electron chi connectivity index (χ4n) is 2.47. The maximum absolute atomic E-state index is 12.1. The first-order valence-corrected chi connectivity index (χ1v) is 9.74. The SMILES string of the molecule is CCNc1nc(NC(C)C)nc(Oc2ccc(=O)n(CCOc3ccccc3)n2)n1.